The van der Waals surface area contributed by atoms with Gasteiger partial charge in [0, 0.05) is 18.3 Å². The fraction of sp³-hybridized carbons (Fsp3) is 0.538. The lowest BCUT2D eigenvalue weighted by molar-refractivity contribution is -0.149. The van der Waals surface area contributed by atoms with Crippen molar-refractivity contribution in [1.82, 2.24) is 4.98 Å². The Labute approximate surface area is 102 Å². The van der Waals surface area contributed by atoms with Crippen LogP contribution >= 0.6 is 0 Å². The molecule has 0 saturated carbocycles. The van der Waals surface area contributed by atoms with Gasteiger partial charge in [-0.3, -0.25) is 4.98 Å². The number of hydrogen-bond acceptors (Lipinski definition) is 4. The second-order valence-electron chi connectivity index (χ2n) is 3.70. The minimum atomic E-state index is -0.292. The third-order valence-corrected chi connectivity index (χ3v) is 2.21. The molecular formula is C13H19NO3. The van der Waals surface area contributed by atoms with Gasteiger partial charge in [0.2, 0.25) is 0 Å². The second kappa shape index (κ2) is 8.70. The SMILES string of the molecule is CCCCOC(=O)COCCc1ccccn1. The number of hydrogen-bond donors (Lipinski definition) is 0. The summed E-state index contributed by atoms with van der Waals surface area (Å²) >= 11 is 0. The Morgan fingerprint density at radius 2 is 2.24 bits per heavy atom. The summed E-state index contributed by atoms with van der Waals surface area (Å²) in [5.41, 5.74) is 0.965. The van der Waals surface area contributed by atoms with Crippen molar-refractivity contribution < 1.29 is 14.3 Å². The van der Waals surface area contributed by atoms with Gasteiger partial charge in [-0.1, -0.05) is 19.4 Å². The molecule has 0 aliphatic heterocycles. The van der Waals surface area contributed by atoms with Crippen LogP contribution in [0.1, 0.15) is 25.5 Å². The van der Waals surface area contributed by atoms with Crippen molar-refractivity contribution in [3.63, 3.8) is 0 Å². The highest BCUT2D eigenvalue weighted by atomic mass is 16.6. The molecule has 17 heavy (non-hydrogen) atoms. The maximum absolute atomic E-state index is 11.2. The first-order valence-corrected chi connectivity index (χ1v) is 5.96. The Morgan fingerprint density at radius 1 is 1.35 bits per heavy atom. The Hall–Kier alpha value is -1.42. The molecule has 0 fully saturated rings. The van der Waals surface area contributed by atoms with E-state index in [-0.39, 0.29) is 12.6 Å². The Balaban J connectivity index is 2.02. The van der Waals surface area contributed by atoms with Crippen LogP contribution < -0.4 is 0 Å². The van der Waals surface area contributed by atoms with Crippen LogP contribution in [-0.4, -0.2) is 30.8 Å². The predicted octanol–water partition coefficient (Wildman–Crippen LogP) is 1.98. The average molecular weight is 237 g/mol. The largest absolute Gasteiger partial charge is 0.464 e. The van der Waals surface area contributed by atoms with Crippen molar-refractivity contribution in [2.24, 2.45) is 0 Å². The summed E-state index contributed by atoms with van der Waals surface area (Å²) in [6.07, 6.45) is 4.38. The Bertz CT molecular complexity index is 314. The van der Waals surface area contributed by atoms with E-state index in [0.29, 0.717) is 19.6 Å². The number of rotatable bonds is 8. The summed E-state index contributed by atoms with van der Waals surface area (Å²) in [4.78, 5) is 15.3. The summed E-state index contributed by atoms with van der Waals surface area (Å²) in [6.45, 7) is 3.05. The first kappa shape index (κ1) is 13.6. The molecular weight excluding hydrogens is 218 g/mol. The molecule has 0 saturated heterocycles. The summed E-state index contributed by atoms with van der Waals surface area (Å²) in [6, 6.07) is 5.74. The van der Waals surface area contributed by atoms with Gasteiger partial charge in [-0.15, -0.1) is 0 Å². The lowest BCUT2D eigenvalue weighted by atomic mass is 10.3. The van der Waals surface area contributed by atoms with E-state index in [4.69, 9.17) is 9.47 Å². The molecule has 0 aliphatic carbocycles. The topological polar surface area (TPSA) is 48.4 Å². The molecule has 0 N–H and O–H groups in total. The highest BCUT2D eigenvalue weighted by molar-refractivity contribution is 5.70. The van der Waals surface area contributed by atoms with Gasteiger partial charge in [0.05, 0.1) is 13.2 Å². The summed E-state index contributed by atoms with van der Waals surface area (Å²) in [5.74, 6) is -0.292. The van der Waals surface area contributed by atoms with E-state index in [1.165, 1.54) is 0 Å². The fourth-order valence-corrected chi connectivity index (χ4v) is 1.25. The molecule has 0 bridgehead atoms. The normalized spacial score (nSPS) is 10.2. The Kier molecular flexibility index (Phi) is 6.98. The molecule has 0 atom stereocenters. The highest BCUT2D eigenvalue weighted by Crippen LogP contribution is 1.95. The predicted molar refractivity (Wildman–Crippen MR) is 64.6 cm³/mol. The quantitative estimate of drug-likeness (QED) is 0.512. The number of pyridine rings is 1. The van der Waals surface area contributed by atoms with Crippen LogP contribution in [0.4, 0.5) is 0 Å². The molecule has 0 spiro atoms. The molecule has 4 nitrogen and oxygen atoms in total. The van der Waals surface area contributed by atoms with E-state index in [0.717, 1.165) is 18.5 Å². The number of unbranched alkanes of at least 4 members (excludes halogenated alkanes) is 1. The van der Waals surface area contributed by atoms with E-state index < -0.39 is 0 Å². The molecule has 94 valence electrons. The summed E-state index contributed by atoms with van der Waals surface area (Å²) < 4.78 is 10.2. The first-order chi connectivity index (χ1) is 8.33. The van der Waals surface area contributed by atoms with E-state index in [2.05, 4.69) is 11.9 Å². The molecule has 0 amide bonds. The zero-order valence-electron chi connectivity index (χ0n) is 10.2. The average Bonchev–Trinajstić information content (AvgIpc) is 2.36. The molecule has 0 aromatic carbocycles. The molecule has 0 unspecified atom stereocenters. The molecule has 1 aromatic rings. The number of ether oxygens (including phenoxy) is 2. The third-order valence-electron chi connectivity index (χ3n) is 2.21. The first-order valence-electron chi connectivity index (χ1n) is 5.96. The molecule has 1 aromatic heterocycles. The van der Waals surface area contributed by atoms with E-state index in [9.17, 15) is 4.79 Å². The van der Waals surface area contributed by atoms with Gasteiger partial charge in [0.25, 0.3) is 0 Å². The maximum atomic E-state index is 11.2. The van der Waals surface area contributed by atoms with Crippen molar-refractivity contribution >= 4 is 5.97 Å². The number of nitrogens with zero attached hydrogens (tertiary/aromatic N) is 1. The van der Waals surface area contributed by atoms with Gasteiger partial charge in [-0.05, 0) is 18.6 Å². The van der Waals surface area contributed by atoms with E-state index >= 15 is 0 Å². The number of carbonyl (C=O) groups is 1. The van der Waals surface area contributed by atoms with Gasteiger partial charge in [-0.2, -0.15) is 0 Å². The van der Waals surface area contributed by atoms with Crippen molar-refractivity contribution in [3.8, 4) is 0 Å². The lowest BCUT2D eigenvalue weighted by Gasteiger charge is -2.05. The van der Waals surface area contributed by atoms with E-state index in [1.54, 1.807) is 6.20 Å². The Morgan fingerprint density at radius 3 is 2.94 bits per heavy atom. The molecule has 1 heterocycles. The maximum Gasteiger partial charge on any atom is 0.332 e. The number of aromatic nitrogens is 1. The van der Waals surface area contributed by atoms with Crippen LogP contribution in [0.5, 0.6) is 0 Å². The monoisotopic (exact) mass is 237 g/mol. The third kappa shape index (κ3) is 6.68. The standard InChI is InChI=1S/C13H19NO3/c1-2-3-9-17-13(15)11-16-10-7-12-6-4-5-8-14-12/h4-6,8H,2-3,7,9-11H2,1H3. The van der Waals surface area contributed by atoms with Gasteiger partial charge in [-0.25, -0.2) is 4.79 Å². The zero-order valence-corrected chi connectivity index (χ0v) is 10.2. The highest BCUT2D eigenvalue weighted by Gasteiger charge is 2.02. The van der Waals surface area contributed by atoms with Crippen LogP contribution in [0.25, 0.3) is 0 Å². The van der Waals surface area contributed by atoms with Crippen LogP contribution in [0.3, 0.4) is 0 Å². The molecule has 4 heteroatoms. The molecule has 0 aliphatic rings. The van der Waals surface area contributed by atoms with Crippen molar-refractivity contribution in [1.29, 1.82) is 0 Å². The van der Waals surface area contributed by atoms with Gasteiger partial charge >= 0.3 is 5.97 Å². The minimum absolute atomic E-state index is 0.0244. The summed E-state index contributed by atoms with van der Waals surface area (Å²) in [5, 5.41) is 0. The van der Waals surface area contributed by atoms with Crippen LogP contribution in [-0.2, 0) is 20.7 Å². The zero-order chi connectivity index (χ0) is 12.3. The van der Waals surface area contributed by atoms with E-state index in [1.807, 2.05) is 18.2 Å². The molecule has 0 radical (unpaired) electrons. The van der Waals surface area contributed by atoms with Crippen LogP contribution in [0.2, 0.25) is 0 Å². The van der Waals surface area contributed by atoms with Crippen molar-refractivity contribution in [2.45, 2.75) is 26.2 Å². The second-order valence-corrected chi connectivity index (χ2v) is 3.70. The van der Waals surface area contributed by atoms with Crippen LogP contribution in [0, 0.1) is 0 Å². The number of carbonyl (C=O) groups excluding carboxylic acids is 1. The smallest absolute Gasteiger partial charge is 0.332 e. The molecule has 1 rings (SSSR count). The van der Waals surface area contributed by atoms with Gasteiger partial charge < -0.3 is 9.47 Å². The minimum Gasteiger partial charge on any atom is -0.464 e. The van der Waals surface area contributed by atoms with Crippen molar-refractivity contribution in [2.75, 3.05) is 19.8 Å². The van der Waals surface area contributed by atoms with Gasteiger partial charge in [0.1, 0.15) is 6.61 Å². The lowest BCUT2D eigenvalue weighted by Crippen LogP contribution is -2.14. The summed E-state index contributed by atoms with van der Waals surface area (Å²) in [7, 11) is 0. The van der Waals surface area contributed by atoms with Gasteiger partial charge in [0.15, 0.2) is 0 Å². The fourth-order valence-electron chi connectivity index (χ4n) is 1.25. The van der Waals surface area contributed by atoms with Crippen molar-refractivity contribution in [3.05, 3.63) is 30.1 Å². The van der Waals surface area contributed by atoms with Crippen LogP contribution in [0.15, 0.2) is 24.4 Å². The number of esters is 1.